The SMILES string of the molecule is Cc1cc(OCCCC(=O)NNC(=O)c2ccco2)ccc1Cl. The summed E-state index contributed by atoms with van der Waals surface area (Å²) in [5.41, 5.74) is 5.52. The monoisotopic (exact) mass is 336 g/mol. The normalized spacial score (nSPS) is 10.2. The van der Waals surface area contributed by atoms with Gasteiger partial charge in [-0.1, -0.05) is 11.6 Å². The molecule has 2 amide bonds. The molecule has 0 aliphatic carbocycles. The van der Waals surface area contributed by atoms with Crippen LogP contribution in [-0.2, 0) is 4.79 Å². The minimum absolute atomic E-state index is 0.131. The van der Waals surface area contributed by atoms with E-state index in [1.54, 1.807) is 18.2 Å². The highest BCUT2D eigenvalue weighted by Gasteiger charge is 2.09. The molecule has 0 aliphatic rings. The third kappa shape index (κ3) is 5.34. The molecule has 0 unspecified atom stereocenters. The average Bonchev–Trinajstić information content (AvgIpc) is 3.07. The van der Waals surface area contributed by atoms with Crippen molar-refractivity contribution in [2.24, 2.45) is 0 Å². The second-order valence-electron chi connectivity index (χ2n) is 4.84. The van der Waals surface area contributed by atoms with E-state index >= 15 is 0 Å². The first-order chi connectivity index (χ1) is 11.1. The van der Waals surface area contributed by atoms with Gasteiger partial charge in [0.2, 0.25) is 5.91 Å². The molecule has 1 aromatic heterocycles. The molecule has 122 valence electrons. The summed E-state index contributed by atoms with van der Waals surface area (Å²) in [5.74, 6) is 0.0298. The first-order valence-electron chi connectivity index (χ1n) is 7.08. The van der Waals surface area contributed by atoms with Gasteiger partial charge in [0, 0.05) is 11.4 Å². The topological polar surface area (TPSA) is 80.6 Å². The van der Waals surface area contributed by atoms with Crippen LogP contribution in [0.4, 0.5) is 0 Å². The number of ether oxygens (including phenoxy) is 1. The van der Waals surface area contributed by atoms with Gasteiger partial charge in [-0.3, -0.25) is 20.4 Å². The quantitative estimate of drug-likeness (QED) is 0.628. The number of carbonyl (C=O) groups is 2. The maximum Gasteiger partial charge on any atom is 0.305 e. The Morgan fingerprint density at radius 1 is 1.26 bits per heavy atom. The minimum Gasteiger partial charge on any atom is -0.494 e. The minimum atomic E-state index is -0.503. The van der Waals surface area contributed by atoms with Crippen LogP contribution in [0.15, 0.2) is 41.0 Å². The van der Waals surface area contributed by atoms with Gasteiger partial charge in [0.15, 0.2) is 5.76 Å². The molecule has 1 aromatic carbocycles. The van der Waals surface area contributed by atoms with Gasteiger partial charge in [-0.15, -0.1) is 0 Å². The summed E-state index contributed by atoms with van der Waals surface area (Å²) < 4.78 is 10.4. The Labute approximate surface area is 138 Å². The number of nitrogens with one attached hydrogen (secondary N) is 2. The highest BCUT2D eigenvalue weighted by Crippen LogP contribution is 2.21. The van der Waals surface area contributed by atoms with Gasteiger partial charge in [-0.25, -0.2) is 0 Å². The Bertz CT molecular complexity index is 671. The van der Waals surface area contributed by atoms with Crippen LogP contribution in [0.2, 0.25) is 5.02 Å². The molecule has 0 bridgehead atoms. The van der Waals surface area contributed by atoms with Crippen molar-refractivity contribution in [1.29, 1.82) is 0 Å². The van der Waals surface area contributed by atoms with Gasteiger partial charge < -0.3 is 9.15 Å². The predicted molar refractivity (Wildman–Crippen MR) is 85.2 cm³/mol. The number of carbonyl (C=O) groups excluding carboxylic acids is 2. The van der Waals surface area contributed by atoms with E-state index in [1.165, 1.54) is 12.3 Å². The second-order valence-corrected chi connectivity index (χ2v) is 5.25. The van der Waals surface area contributed by atoms with Crippen LogP contribution in [0.1, 0.15) is 29.0 Å². The van der Waals surface area contributed by atoms with Gasteiger partial charge in [0.25, 0.3) is 0 Å². The number of furan rings is 1. The van der Waals surface area contributed by atoms with Crippen LogP contribution in [0.25, 0.3) is 0 Å². The van der Waals surface area contributed by atoms with E-state index in [0.29, 0.717) is 23.8 Å². The molecule has 2 rings (SSSR count). The molecular weight excluding hydrogens is 320 g/mol. The van der Waals surface area contributed by atoms with Crippen molar-refractivity contribution in [2.45, 2.75) is 19.8 Å². The number of benzene rings is 1. The van der Waals surface area contributed by atoms with E-state index in [9.17, 15) is 9.59 Å². The smallest absolute Gasteiger partial charge is 0.305 e. The third-order valence-corrected chi connectivity index (χ3v) is 3.43. The Morgan fingerprint density at radius 3 is 2.78 bits per heavy atom. The van der Waals surface area contributed by atoms with E-state index in [2.05, 4.69) is 10.9 Å². The molecule has 6 nitrogen and oxygen atoms in total. The van der Waals surface area contributed by atoms with E-state index in [1.807, 2.05) is 13.0 Å². The number of hydrazine groups is 1. The van der Waals surface area contributed by atoms with E-state index < -0.39 is 5.91 Å². The number of aryl methyl sites for hydroxylation is 1. The maximum atomic E-state index is 11.6. The molecule has 1 heterocycles. The van der Waals surface area contributed by atoms with Crippen molar-refractivity contribution < 1.29 is 18.7 Å². The lowest BCUT2D eigenvalue weighted by Gasteiger charge is -2.08. The molecule has 0 saturated carbocycles. The Morgan fingerprint density at radius 2 is 2.09 bits per heavy atom. The van der Waals surface area contributed by atoms with Gasteiger partial charge in [-0.2, -0.15) is 0 Å². The van der Waals surface area contributed by atoms with Gasteiger partial charge in [-0.05, 0) is 49.2 Å². The highest BCUT2D eigenvalue weighted by molar-refractivity contribution is 6.31. The summed E-state index contributed by atoms with van der Waals surface area (Å²) >= 11 is 5.93. The number of hydrogen-bond donors (Lipinski definition) is 2. The van der Waals surface area contributed by atoms with Crippen LogP contribution in [0.5, 0.6) is 5.75 Å². The van der Waals surface area contributed by atoms with Crippen molar-refractivity contribution in [3.8, 4) is 5.75 Å². The summed E-state index contributed by atoms with van der Waals surface area (Å²) in [6.45, 7) is 2.28. The summed E-state index contributed by atoms with van der Waals surface area (Å²) in [7, 11) is 0. The van der Waals surface area contributed by atoms with Crippen LogP contribution >= 0.6 is 11.6 Å². The predicted octanol–water partition coefficient (Wildman–Crippen LogP) is 2.86. The second kappa shape index (κ2) is 8.24. The summed E-state index contributed by atoms with van der Waals surface area (Å²) in [6.07, 6.45) is 2.13. The summed E-state index contributed by atoms with van der Waals surface area (Å²) in [5, 5.41) is 0.684. The van der Waals surface area contributed by atoms with E-state index in [4.69, 9.17) is 20.8 Å². The average molecular weight is 337 g/mol. The van der Waals surface area contributed by atoms with Crippen molar-refractivity contribution >= 4 is 23.4 Å². The fraction of sp³-hybridized carbons (Fsp3) is 0.250. The van der Waals surface area contributed by atoms with Crippen molar-refractivity contribution in [3.63, 3.8) is 0 Å². The first kappa shape index (κ1) is 16.9. The summed E-state index contributed by atoms with van der Waals surface area (Å²) in [6, 6.07) is 8.48. The maximum absolute atomic E-state index is 11.6. The van der Waals surface area contributed by atoms with Crippen LogP contribution < -0.4 is 15.6 Å². The number of hydrogen-bond acceptors (Lipinski definition) is 4. The Hall–Kier alpha value is -2.47. The summed E-state index contributed by atoms with van der Waals surface area (Å²) in [4.78, 5) is 23.1. The number of rotatable bonds is 6. The highest BCUT2D eigenvalue weighted by atomic mass is 35.5. The molecular formula is C16H17ClN2O4. The van der Waals surface area contributed by atoms with Crippen molar-refractivity contribution in [1.82, 2.24) is 10.9 Å². The molecule has 0 atom stereocenters. The molecule has 0 radical (unpaired) electrons. The number of halogens is 1. The Kier molecular flexibility index (Phi) is 6.05. The van der Waals surface area contributed by atoms with Gasteiger partial charge >= 0.3 is 5.91 Å². The Balaban J connectivity index is 1.63. The van der Waals surface area contributed by atoms with Crippen molar-refractivity contribution in [2.75, 3.05) is 6.61 Å². The lowest BCUT2D eigenvalue weighted by atomic mass is 10.2. The molecule has 23 heavy (non-hydrogen) atoms. The fourth-order valence-corrected chi connectivity index (χ4v) is 1.91. The zero-order valence-electron chi connectivity index (χ0n) is 12.6. The van der Waals surface area contributed by atoms with E-state index in [0.717, 1.165) is 5.56 Å². The first-order valence-corrected chi connectivity index (χ1v) is 7.45. The molecule has 0 saturated heterocycles. The molecule has 0 fully saturated rings. The van der Waals surface area contributed by atoms with Gasteiger partial charge in [0.05, 0.1) is 12.9 Å². The molecule has 0 aliphatic heterocycles. The largest absolute Gasteiger partial charge is 0.494 e. The fourth-order valence-electron chi connectivity index (χ4n) is 1.79. The van der Waals surface area contributed by atoms with Crippen molar-refractivity contribution in [3.05, 3.63) is 52.9 Å². The zero-order valence-corrected chi connectivity index (χ0v) is 13.4. The standard InChI is InChI=1S/C16H17ClN2O4/c1-11-10-12(6-7-13(11)17)22-8-3-5-15(20)18-19-16(21)14-4-2-9-23-14/h2,4,6-7,9-10H,3,5,8H2,1H3,(H,18,20)(H,19,21). The molecule has 0 spiro atoms. The van der Waals surface area contributed by atoms with Gasteiger partial charge in [0.1, 0.15) is 5.75 Å². The third-order valence-electron chi connectivity index (χ3n) is 3.01. The lowest BCUT2D eigenvalue weighted by molar-refractivity contribution is -0.122. The zero-order chi connectivity index (χ0) is 16.7. The molecule has 2 aromatic rings. The van der Waals surface area contributed by atoms with E-state index in [-0.39, 0.29) is 18.1 Å². The van der Waals surface area contributed by atoms with Crippen LogP contribution in [-0.4, -0.2) is 18.4 Å². The lowest BCUT2D eigenvalue weighted by Crippen LogP contribution is -2.41. The molecule has 2 N–H and O–H groups in total. The van der Waals surface area contributed by atoms with Crippen LogP contribution in [0, 0.1) is 6.92 Å². The number of amides is 2. The molecule has 7 heteroatoms. The van der Waals surface area contributed by atoms with Crippen LogP contribution in [0.3, 0.4) is 0 Å².